The number of ether oxygens (including phenoxy) is 1. The lowest BCUT2D eigenvalue weighted by Crippen LogP contribution is -2.10. The highest BCUT2D eigenvalue weighted by Gasteiger charge is 2.13. The lowest BCUT2D eigenvalue weighted by Gasteiger charge is -2.14. The van der Waals surface area contributed by atoms with Crippen molar-refractivity contribution in [2.24, 2.45) is 0 Å². The summed E-state index contributed by atoms with van der Waals surface area (Å²) in [7, 11) is -3.41. The van der Waals surface area contributed by atoms with Gasteiger partial charge in [-0.15, -0.1) is 0 Å². The third kappa shape index (κ3) is 4.59. The number of hydrogen-bond donors (Lipinski definition) is 2. The normalized spacial score (nSPS) is 11.1. The molecule has 24 heavy (non-hydrogen) atoms. The Labute approximate surface area is 142 Å². The van der Waals surface area contributed by atoms with Crippen molar-refractivity contribution < 1.29 is 27.4 Å². The number of anilines is 2. The first-order chi connectivity index (χ1) is 11.2. The van der Waals surface area contributed by atoms with Gasteiger partial charge in [-0.1, -0.05) is 11.6 Å². The number of nitrogens with one attached hydrogen (secondary N) is 1. The zero-order chi connectivity index (χ0) is 17.9. The summed E-state index contributed by atoms with van der Waals surface area (Å²) in [6, 6.07) is 7.54. The molecule has 0 aliphatic rings. The SMILES string of the molecule is CS(=O)(=O)c1ccc(Nc2cc(F)ccc2OCC(=O)O)c(Cl)c1. The lowest BCUT2D eigenvalue weighted by molar-refractivity contribution is -0.139. The minimum Gasteiger partial charge on any atom is -0.480 e. The second kappa shape index (κ2) is 7.06. The van der Waals surface area contributed by atoms with E-state index in [9.17, 15) is 17.6 Å². The molecule has 0 heterocycles. The molecule has 9 heteroatoms. The van der Waals surface area contributed by atoms with E-state index in [0.29, 0.717) is 5.69 Å². The fraction of sp³-hybridized carbons (Fsp3) is 0.133. The van der Waals surface area contributed by atoms with Gasteiger partial charge in [0.15, 0.2) is 16.4 Å². The average Bonchev–Trinajstić information content (AvgIpc) is 2.47. The van der Waals surface area contributed by atoms with Crippen molar-refractivity contribution in [3.05, 3.63) is 47.2 Å². The predicted molar refractivity (Wildman–Crippen MR) is 87.4 cm³/mol. The summed E-state index contributed by atoms with van der Waals surface area (Å²) in [6.07, 6.45) is 1.05. The van der Waals surface area contributed by atoms with Gasteiger partial charge in [0.1, 0.15) is 11.6 Å². The highest BCUT2D eigenvalue weighted by molar-refractivity contribution is 7.90. The van der Waals surface area contributed by atoms with Gasteiger partial charge in [-0.25, -0.2) is 17.6 Å². The van der Waals surface area contributed by atoms with E-state index >= 15 is 0 Å². The summed E-state index contributed by atoms with van der Waals surface area (Å²) < 4.78 is 41.5. The number of carboxylic acid groups (broad SMARTS) is 1. The van der Waals surface area contributed by atoms with Crippen molar-refractivity contribution in [3.63, 3.8) is 0 Å². The van der Waals surface area contributed by atoms with Crippen LogP contribution in [0.1, 0.15) is 0 Å². The molecule has 2 aromatic rings. The quantitative estimate of drug-likeness (QED) is 0.808. The maximum Gasteiger partial charge on any atom is 0.341 e. The monoisotopic (exact) mass is 373 g/mol. The first kappa shape index (κ1) is 18.0. The Balaban J connectivity index is 2.33. The van der Waals surface area contributed by atoms with Crippen LogP contribution in [0.5, 0.6) is 5.75 Å². The van der Waals surface area contributed by atoms with Crippen LogP contribution in [-0.4, -0.2) is 32.4 Å². The van der Waals surface area contributed by atoms with Gasteiger partial charge < -0.3 is 15.2 Å². The van der Waals surface area contributed by atoms with Crippen LogP contribution < -0.4 is 10.1 Å². The zero-order valence-electron chi connectivity index (χ0n) is 12.4. The summed E-state index contributed by atoms with van der Waals surface area (Å²) in [6.45, 7) is -0.596. The largest absolute Gasteiger partial charge is 0.480 e. The van der Waals surface area contributed by atoms with Crippen LogP contribution in [0, 0.1) is 5.82 Å². The highest BCUT2D eigenvalue weighted by Crippen LogP contribution is 2.33. The number of benzene rings is 2. The van der Waals surface area contributed by atoms with Crippen LogP contribution in [0.4, 0.5) is 15.8 Å². The van der Waals surface area contributed by atoms with Gasteiger partial charge in [0, 0.05) is 12.3 Å². The molecule has 0 aliphatic carbocycles. The Bertz CT molecular complexity index is 885. The average molecular weight is 374 g/mol. The molecule has 0 amide bonds. The molecule has 0 aromatic heterocycles. The Morgan fingerprint density at radius 2 is 1.96 bits per heavy atom. The Morgan fingerprint density at radius 1 is 1.25 bits per heavy atom. The Kier molecular flexibility index (Phi) is 5.30. The van der Waals surface area contributed by atoms with Crippen molar-refractivity contribution in [2.75, 3.05) is 18.2 Å². The summed E-state index contributed by atoms with van der Waals surface area (Å²) in [5.41, 5.74) is 0.472. The maximum absolute atomic E-state index is 13.4. The van der Waals surface area contributed by atoms with Crippen LogP contribution in [0.2, 0.25) is 5.02 Å². The van der Waals surface area contributed by atoms with E-state index < -0.39 is 28.2 Å². The number of hydrogen-bond acceptors (Lipinski definition) is 5. The molecule has 2 aromatic carbocycles. The molecular formula is C15H13ClFNO5S. The number of sulfone groups is 1. The topological polar surface area (TPSA) is 92.7 Å². The number of carbonyl (C=O) groups is 1. The second-order valence-electron chi connectivity index (χ2n) is 4.86. The van der Waals surface area contributed by atoms with Crippen LogP contribution in [0.3, 0.4) is 0 Å². The number of aliphatic carboxylic acids is 1. The zero-order valence-corrected chi connectivity index (χ0v) is 14.0. The van der Waals surface area contributed by atoms with Gasteiger partial charge >= 0.3 is 5.97 Å². The van der Waals surface area contributed by atoms with Crippen molar-refractivity contribution in [1.82, 2.24) is 0 Å². The summed E-state index contributed by atoms with van der Waals surface area (Å²) >= 11 is 6.05. The van der Waals surface area contributed by atoms with Crippen LogP contribution in [0.25, 0.3) is 0 Å². The highest BCUT2D eigenvalue weighted by atomic mass is 35.5. The van der Waals surface area contributed by atoms with Gasteiger partial charge in [-0.3, -0.25) is 0 Å². The Morgan fingerprint density at radius 3 is 2.54 bits per heavy atom. The van der Waals surface area contributed by atoms with E-state index in [0.717, 1.165) is 18.4 Å². The van der Waals surface area contributed by atoms with E-state index in [1.165, 1.54) is 24.3 Å². The van der Waals surface area contributed by atoms with Gasteiger partial charge in [-0.2, -0.15) is 0 Å². The van der Waals surface area contributed by atoms with E-state index in [-0.39, 0.29) is 21.4 Å². The second-order valence-corrected chi connectivity index (χ2v) is 7.28. The molecule has 2 N–H and O–H groups in total. The first-order valence-electron chi connectivity index (χ1n) is 6.57. The fourth-order valence-electron chi connectivity index (χ4n) is 1.84. The third-order valence-corrected chi connectivity index (χ3v) is 4.35. The molecule has 0 saturated carbocycles. The smallest absolute Gasteiger partial charge is 0.341 e. The molecule has 0 radical (unpaired) electrons. The van der Waals surface area contributed by atoms with Crippen molar-refractivity contribution in [3.8, 4) is 5.75 Å². The molecular weight excluding hydrogens is 361 g/mol. The number of halogens is 2. The maximum atomic E-state index is 13.4. The predicted octanol–water partition coefficient (Wildman–Crippen LogP) is 3.09. The van der Waals surface area contributed by atoms with Crippen molar-refractivity contribution in [2.45, 2.75) is 4.90 Å². The van der Waals surface area contributed by atoms with Crippen molar-refractivity contribution >= 4 is 38.8 Å². The van der Waals surface area contributed by atoms with Gasteiger partial charge in [0.25, 0.3) is 0 Å². The number of carboxylic acids is 1. The summed E-state index contributed by atoms with van der Waals surface area (Å²) in [5.74, 6) is -1.63. The third-order valence-electron chi connectivity index (χ3n) is 2.93. The molecule has 0 spiro atoms. The lowest BCUT2D eigenvalue weighted by atomic mass is 10.2. The standard InChI is InChI=1S/C15H13ClFNO5S/c1-24(21,22)10-3-4-12(11(16)7-10)18-13-6-9(17)2-5-14(13)23-8-15(19)20/h2-7,18H,8H2,1H3,(H,19,20). The molecule has 0 saturated heterocycles. The minimum absolute atomic E-state index is 0.0413. The molecule has 128 valence electrons. The minimum atomic E-state index is -3.41. The first-order valence-corrected chi connectivity index (χ1v) is 8.84. The molecule has 0 atom stereocenters. The fourth-order valence-corrected chi connectivity index (χ4v) is 2.78. The molecule has 2 rings (SSSR count). The Hall–Kier alpha value is -2.32. The van der Waals surface area contributed by atoms with E-state index in [4.69, 9.17) is 21.4 Å². The van der Waals surface area contributed by atoms with E-state index in [1.807, 2.05) is 0 Å². The molecule has 0 fully saturated rings. The van der Waals surface area contributed by atoms with Gasteiger partial charge in [-0.05, 0) is 30.3 Å². The van der Waals surface area contributed by atoms with Crippen LogP contribution in [-0.2, 0) is 14.6 Å². The summed E-state index contributed by atoms with van der Waals surface area (Å²) in [4.78, 5) is 10.6. The molecule has 0 unspecified atom stereocenters. The molecule has 6 nitrogen and oxygen atoms in total. The number of rotatable bonds is 6. The molecule has 0 bridgehead atoms. The van der Waals surface area contributed by atoms with Crippen molar-refractivity contribution in [1.29, 1.82) is 0 Å². The summed E-state index contributed by atoms with van der Waals surface area (Å²) in [5, 5.41) is 11.6. The van der Waals surface area contributed by atoms with Crippen LogP contribution >= 0.6 is 11.6 Å². The van der Waals surface area contributed by atoms with Gasteiger partial charge in [0.05, 0.1) is 21.3 Å². The van der Waals surface area contributed by atoms with Crippen LogP contribution in [0.15, 0.2) is 41.3 Å². The van der Waals surface area contributed by atoms with E-state index in [1.54, 1.807) is 0 Å². The molecule has 0 aliphatic heterocycles. The van der Waals surface area contributed by atoms with E-state index in [2.05, 4.69) is 5.32 Å². The van der Waals surface area contributed by atoms with Gasteiger partial charge in [0.2, 0.25) is 0 Å².